The summed E-state index contributed by atoms with van der Waals surface area (Å²) in [6.45, 7) is 3.59. The summed E-state index contributed by atoms with van der Waals surface area (Å²) in [6, 6.07) is 6.65. The van der Waals surface area contributed by atoms with Crippen LogP contribution in [0.4, 0.5) is 11.5 Å². The van der Waals surface area contributed by atoms with Crippen LogP contribution in [0.5, 0.6) is 5.75 Å². The summed E-state index contributed by atoms with van der Waals surface area (Å²) in [5.74, 6) is 0.601. The molecule has 24 heavy (non-hydrogen) atoms. The zero-order valence-electron chi connectivity index (χ0n) is 13.2. The first-order chi connectivity index (χ1) is 11.4. The molecule has 1 aromatic carbocycles. The number of Topliss-reactive ketones (excluding diaryl/α,β-unsaturated/α-hetero) is 1. The highest BCUT2D eigenvalue weighted by Gasteiger charge is 2.22. The Kier molecular flexibility index (Phi) is 4.39. The number of nitrogens with one attached hydrogen (secondary N) is 1. The molecule has 1 atom stereocenters. The number of nitrogen functional groups attached to an aromatic ring is 1. The fourth-order valence-electron chi connectivity index (χ4n) is 2.30. The van der Waals surface area contributed by atoms with Gasteiger partial charge in [-0.15, -0.1) is 0 Å². The minimum Gasteiger partial charge on any atom is -0.482 e. The Labute approximate surface area is 143 Å². The van der Waals surface area contributed by atoms with E-state index < -0.39 is 5.25 Å². The molecule has 0 radical (unpaired) electrons. The Morgan fingerprint density at radius 2 is 2.17 bits per heavy atom. The van der Waals surface area contributed by atoms with Crippen LogP contribution in [0.15, 0.2) is 29.4 Å². The lowest BCUT2D eigenvalue weighted by atomic mass is 10.1. The number of amides is 1. The minimum atomic E-state index is -0.399. The van der Waals surface area contributed by atoms with E-state index in [1.165, 1.54) is 11.8 Å². The molecule has 1 aliphatic heterocycles. The molecular formula is C16H16N4O3S. The predicted octanol–water partition coefficient (Wildman–Crippen LogP) is 2.06. The SMILES string of the molecule is Cc1cc(N)nc(SC(C)C(=O)c2ccc3c(c2)NC(=O)CO3)n1. The van der Waals surface area contributed by atoms with Gasteiger partial charge in [-0.1, -0.05) is 11.8 Å². The van der Waals surface area contributed by atoms with Crippen molar-refractivity contribution in [2.75, 3.05) is 17.7 Å². The van der Waals surface area contributed by atoms with Gasteiger partial charge in [0.25, 0.3) is 5.91 Å². The lowest BCUT2D eigenvalue weighted by Gasteiger charge is -2.19. The molecule has 0 fully saturated rings. The van der Waals surface area contributed by atoms with Crippen LogP contribution < -0.4 is 15.8 Å². The standard InChI is InChI=1S/C16H16N4O3S/c1-8-5-13(17)20-16(18-8)24-9(2)15(22)10-3-4-12-11(6-10)19-14(21)7-23-12/h3-6,9H,7H2,1-2H3,(H,19,21)(H2,17,18,20). The van der Waals surface area contributed by atoms with E-state index in [1.54, 1.807) is 31.2 Å². The average molecular weight is 344 g/mol. The van der Waals surface area contributed by atoms with Crippen LogP contribution in [0.3, 0.4) is 0 Å². The van der Waals surface area contributed by atoms with Crippen molar-refractivity contribution in [3.63, 3.8) is 0 Å². The fraction of sp³-hybridized carbons (Fsp3) is 0.250. The van der Waals surface area contributed by atoms with Crippen molar-refractivity contribution in [1.29, 1.82) is 0 Å². The molecule has 1 unspecified atom stereocenters. The van der Waals surface area contributed by atoms with Crippen molar-refractivity contribution in [2.24, 2.45) is 0 Å². The molecule has 7 nitrogen and oxygen atoms in total. The lowest BCUT2D eigenvalue weighted by molar-refractivity contribution is -0.118. The van der Waals surface area contributed by atoms with Crippen LogP contribution in [0, 0.1) is 6.92 Å². The fourth-order valence-corrected chi connectivity index (χ4v) is 3.21. The van der Waals surface area contributed by atoms with Crippen molar-refractivity contribution in [2.45, 2.75) is 24.3 Å². The second kappa shape index (κ2) is 6.48. The van der Waals surface area contributed by atoms with Crippen LogP contribution in [0.25, 0.3) is 0 Å². The predicted molar refractivity (Wildman–Crippen MR) is 91.4 cm³/mol. The van der Waals surface area contributed by atoms with Gasteiger partial charge in [0, 0.05) is 17.3 Å². The Morgan fingerprint density at radius 3 is 2.92 bits per heavy atom. The topological polar surface area (TPSA) is 107 Å². The number of carbonyl (C=O) groups is 2. The maximum absolute atomic E-state index is 12.6. The number of ether oxygens (including phenoxy) is 1. The third-order valence-corrected chi connectivity index (χ3v) is 4.36. The van der Waals surface area contributed by atoms with Crippen molar-refractivity contribution < 1.29 is 14.3 Å². The number of carbonyl (C=O) groups excluding carboxylic acids is 2. The summed E-state index contributed by atoms with van der Waals surface area (Å²) in [5.41, 5.74) is 7.45. The summed E-state index contributed by atoms with van der Waals surface area (Å²) < 4.78 is 5.29. The number of hydrogen-bond donors (Lipinski definition) is 2. The van der Waals surface area contributed by atoms with Crippen LogP contribution >= 0.6 is 11.8 Å². The first-order valence-electron chi connectivity index (χ1n) is 7.31. The monoisotopic (exact) mass is 344 g/mol. The van der Waals surface area contributed by atoms with Crippen molar-refractivity contribution in [1.82, 2.24) is 9.97 Å². The van der Waals surface area contributed by atoms with Crippen LogP contribution in [0.2, 0.25) is 0 Å². The zero-order valence-corrected chi connectivity index (χ0v) is 14.0. The Morgan fingerprint density at radius 1 is 1.38 bits per heavy atom. The summed E-state index contributed by atoms with van der Waals surface area (Å²) in [5, 5.41) is 2.76. The summed E-state index contributed by atoms with van der Waals surface area (Å²) in [6.07, 6.45) is 0. The number of aromatic nitrogens is 2. The number of thioether (sulfide) groups is 1. The van der Waals surface area contributed by atoms with E-state index in [4.69, 9.17) is 10.5 Å². The van der Waals surface area contributed by atoms with Gasteiger partial charge in [-0.05, 0) is 32.0 Å². The lowest BCUT2D eigenvalue weighted by Crippen LogP contribution is -2.25. The number of hydrogen-bond acceptors (Lipinski definition) is 7. The van der Waals surface area contributed by atoms with Gasteiger partial charge in [-0.3, -0.25) is 9.59 Å². The number of fused-ring (bicyclic) bond motifs is 1. The van der Waals surface area contributed by atoms with E-state index in [2.05, 4.69) is 15.3 Å². The van der Waals surface area contributed by atoms with Gasteiger partial charge in [0.1, 0.15) is 11.6 Å². The smallest absolute Gasteiger partial charge is 0.262 e. The number of nitrogens with two attached hydrogens (primary N) is 1. The maximum Gasteiger partial charge on any atom is 0.262 e. The highest BCUT2D eigenvalue weighted by atomic mass is 32.2. The van der Waals surface area contributed by atoms with Gasteiger partial charge in [0.2, 0.25) is 0 Å². The molecular weight excluding hydrogens is 328 g/mol. The highest BCUT2D eigenvalue weighted by molar-refractivity contribution is 8.00. The molecule has 3 N–H and O–H groups in total. The van der Waals surface area contributed by atoms with Crippen LogP contribution in [0.1, 0.15) is 23.0 Å². The summed E-state index contributed by atoms with van der Waals surface area (Å²) >= 11 is 1.24. The molecule has 3 rings (SSSR count). The molecule has 0 aliphatic carbocycles. The summed E-state index contributed by atoms with van der Waals surface area (Å²) in [4.78, 5) is 32.4. The first kappa shape index (κ1) is 16.3. The molecule has 0 saturated heterocycles. The molecule has 8 heteroatoms. The number of anilines is 2. The van der Waals surface area contributed by atoms with E-state index in [9.17, 15) is 9.59 Å². The van der Waals surface area contributed by atoms with Crippen molar-refractivity contribution >= 4 is 35.0 Å². The normalized spacial score (nSPS) is 14.3. The Hall–Kier alpha value is -2.61. The van der Waals surface area contributed by atoms with Crippen LogP contribution in [-0.2, 0) is 4.79 Å². The minimum absolute atomic E-state index is 0.0152. The molecule has 2 aromatic rings. The molecule has 1 amide bonds. The van der Waals surface area contributed by atoms with Gasteiger partial charge in [0.15, 0.2) is 17.5 Å². The molecule has 124 valence electrons. The zero-order chi connectivity index (χ0) is 17.3. The molecule has 0 saturated carbocycles. The number of rotatable bonds is 4. The van der Waals surface area contributed by atoms with E-state index >= 15 is 0 Å². The van der Waals surface area contributed by atoms with Gasteiger partial charge < -0.3 is 15.8 Å². The molecule has 1 aliphatic rings. The maximum atomic E-state index is 12.6. The second-order valence-electron chi connectivity index (χ2n) is 5.39. The van der Waals surface area contributed by atoms with E-state index in [0.29, 0.717) is 28.0 Å². The van der Waals surface area contributed by atoms with Gasteiger partial charge in [0.05, 0.1) is 10.9 Å². The summed E-state index contributed by atoms with van der Waals surface area (Å²) in [7, 11) is 0. The van der Waals surface area contributed by atoms with E-state index in [0.717, 1.165) is 5.69 Å². The van der Waals surface area contributed by atoms with Gasteiger partial charge in [-0.25, -0.2) is 9.97 Å². The highest BCUT2D eigenvalue weighted by Crippen LogP contribution is 2.30. The quantitative estimate of drug-likeness (QED) is 0.496. The van der Waals surface area contributed by atoms with Crippen molar-refractivity contribution in [3.05, 3.63) is 35.5 Å². The van der Waals surface area contributed by atoms with Crippen LogP contribution in [-0.4, -0.2) is 33.5 Å². The van der Waals surface area contributed by atoms with Gasteiger partial charge >= 0.3 is 0 Å². The molecule has 1 aromatic heterocycles. The van der Waals surface area contributed by atoms with E-state index in [-0.39, 0.29) is 18.3 Å². The molecule has 0 bridgehead atoms. The number of aryl methyl sites for hydroxylation is 1. The molecule has 2 heterocycles. The average Bonchev–Trinajstić information content (AvgIpc) is 2.52. The molecule has 0 spiro atoms. The van der Waals surface area contributed by atoms with E-state index in [1.807, 2.05) is 6.92 Å². The third kappa shape index (κ3) is 3.48. The van der Waals surface area contributed by atoms with Crippen molar-refractivity contribution in [3.8, 4) is 5.75 Å². The number of nitrogens with zero attached hydrogens (tertiary/aromatic N) is 2. The van der Waals surface area contributed by atoms with Gasteiger partial charge in [-0.2, -0.15) is 0 Å². The third-order valence-electron chi connectivity index (χ3n) is 3.40. The number of benzene rings is 1. The number of ketones is 1. The largest absolute Gasteiger partial charge is 0.482 e. The Bertz CT molecular complexity index is 805. The second-order valence-corrected chi connectivity index (χ2v) is 6.70. The Balaban J connectivity index is 1.78. The first-order valence-corrected chi connectivity index (χ1v) is 8.19.